The van der Waals surface area contributed by atoms with Crippen LogP contribution in [0.15, 0.2) is 18.2 Å². The van der Waals surface area contributed by atoms with Crippen molar-refractivity contribution in [1.29, 1.82) is 0 Å². The van der Waals surface area contributed by atoms with Crippen molar-refractivity contribution in [1.82, 2.24) is 9.59 Å². The Morgan fingerprint density at radius 2 is 2.21 bits per heavy atom. The Bertz CT molecular complexity index is 602. The molecular weight excluding hydrogens is 307 g/mol. The molecule has 2 aromatic rings. The van der Waals surface area contributed by atoms with Gasteiger partial charge in [-0.3, -0.25) is 4.79 Å². The molecule has 0 spiro atoms. The summed E-state index contributed by atoms with van der Waals surface area (Å²) in [7, 11) is 0. The first-order chi connectivity index (χ1) is 9.06. The SMILES string of the molecule is CC(=O)Nc1ccc(NCc2nnsc2Cl)c(Cl)c1. The fourth-order valence-electron chi connectivity index (χ4n) is 1.42. The average molecular weight is 317 g/mol. The van der Waals surface area contributed by atoms with Crippen LogP contribution in [-0.2, 0) is 11.3 Å². The highest BCUT2D eigenvalue weighted by molar-refractivity contribution is 7.10. The van der Waals surface area contributed by atoms with E-state index in [1.165, 1.54) is 6.92 Å². The standard InChI is InChI=1S/C11H10Cl2N4OS/c1-6(18)15-7-2-3-9(8(12)4-7)14-5-10-11(13)19-17-16-10/h2-4,14H,5H2,1H3,(H,15,18). The number of aromatic nitrogens is 2. The predicted octanol–water partition coefficient (Wildman–Crippen LogP) is 3.42. The second-order valence-corrected chi connectivity index (χ2v) is 5.49. The van der Waals surface area contributed by atoms with E-state index in [9.17, 15) is 4.79 Å². The monoisotopic (exact) mass is 316 g/mol. The van der Waals surface area contributed by atoms with Crippen LogP contribution in [0.25, 0.3) is 0 Å². The second-order valence-electron chi connectivity index (χ2n) is 3.72. The van der Waals surface area contributed by atoms with Gasteiger partial charge in [-0.15, -0.1) is 5.10 Å². The quantitative estimate of drug-likeness (QED) is 0.907. The van der Waals surface area contributed by atoms with Crippen molar-refractivity contribution in [2.24, 2.45) is 0 Å². The van der Waals surface area contributed by atoms with Gasteiger partial charge in [-0.25, -0.2) is 0 Å². The van der Waals surface area contributed by atoms with E-state index in [-0.39, 0.29) is 5.91 Å². The summed E-state index contributed by atoms with van der Waals surface area (Å²) in [6, 6.07) is 5.21. The number of nitrogens with zero attached hydrogens (tertiary/aromatic N) is 2. The summed E-state index contributed by atoms with van der Waals surface area (Å²) >= 11 is 13.2. The number of rotatable bonds is 4. The number of anilines is 2. The van der Waals surface area contributed by atoms with Crippen LogP contribution in [-0.4, -0.2) is 15.5 Å². The number of amides is 1. The Hall–Kier alpha value is -1.37. The Balaban J connectivity index is 2.05. The summed E-state index contributed by atoms with van der Waals surface area (Å²) in [4.78, 5) is 10.9. The van der Waals surface area contributed by atoms with Crippen molar-refractivity contribution in [2.75, 3.05) is 10.6 Å². The number of halogens is 2. The second kappa shape index (κ2) is 6.18. The Morgan fingerprint density at radius 1 is 1.42 bits per heavy atom. The van der Waals surface area contributed by atoms with E-state index in [0.29, 0.717) is 27.3 Å². The molecule has 0 unspecified atom stereocenters. The van der Waals surface area contributed by atoms with Crippen LogP contribution in [0.5, 0.6) is 0 Å². The molecule has 1 amide bonds. The number of hydrogen-bond acceptors (Lipinski definition) is 5. The normalized spacial score (nSPS) is 10.3. The van der Waals surface area contributed by atoms with E-state index in [1.807, 2.05) is 0 Å². The first-order valence-electron chi connectivity index (χ1n) is 5.34. The van der Waals surface area contributed by atoms with Crippen molar-refractivity contribution in [2.45, 2.75) is 13.5 Å². The number of carbonyl (C=O) groups excluding carboxylic acids is 1. The van der Waals surface area contributed by atoms with E-state index in [4.69, 9.17) is 23.2 Å². The molecule has 8 heteroatoms. The fraction of sp³-hybridized carbons (Fsp3) is 0.182. The van der Waals surface area contributed by atoms with Crippen molar-refractivity contribution in [3.8, 4) is 0 Å². The van der Waals surface area contributed by atoms with Crippen LogP contribution in [0, 0.1) is 0 Å². The van der Waals surface area contributed by atoms with Crippen molar-refractivity contribution >= 4 is 52.0 Å². The zero-order valence-corrected chi connectivity index (χ0v) is 12.2. The molecule has 2 N–H and O–H groups in total. The van der Waals surface area contributed by atoms with Crippen LogP contribution >= 0.6 is 34.7 Å². The molecule has 0 bridgehead atoms. The Labute approximate surface area is 124 Å². The number of nitrogens with one attached hydrogen (secondary N) is 2. The molecule has 19 heavy (non-hydrogen) atoms. The lowest BCUT2D eigenvalue weighted by atomic mass is 10.2. The average Bonchev–Trinajstić information content (AvgIpc) is 2.73. The van der Waals surface area contributed by atoms with Gasteiger partial charge in [-0.1, -0.05) is 27.7 Å². The largest absolute Gasteiger partial charge is 0.378 e. The van der Waals surface area contributed by atoms with Crippen LogP contribution in [0.2, 0.25) is 9.36 Å². The summed E-state index contributed by atoms with van der Waals surface area (Å²) in [6.45, 7) is 1.88. The maximum absolute atomic E-state index is 10.9. The molecule has 1 heterocycles. The van der Waals surface area contributed by atoms with Gasteiger partial charge in [0, 0.05) is 24.1 Å². The molecule has 0 atom stereocenters. The van der Waals surface area contributed by atoms with Crippen LogP contribution in [0.4, 0.5) is 11.4 Å². The summed E-state index contributed by atoms with van der Waals surface area (Å²) in [5, 5.41) is 10.2. The molecule has 1 aromatic carbocycles. The van der Waals surface area contributed by atoms with Crippen molar-refractivity contribution < 1.29 is 4.79 Å². The number of hydrogen-bond donors (Lipinski definition) is 2. The van der Waals surface area contributed by atoms with E-state index in [2.05, 4.69) is 20.2 Å². The molecule has 0 saturated heterocycles. The molecule has 0 saturated carbocycles. The maximum atomic E-state index is 10.9. The molecule has 0 fully saturated rings. The highest BCUT2D eigenvalue weighted by atomic mass is 35.5. The zero-order valence-electron chi connectivity index (χ0n) is 9.91. The summed E-state index contributed by atoms with van der Waals surface area (Å²) in [5.41, 5.74) is 2.06. The number of benzene rings is 1. The van der Waals surface area contributed by atoms with E-state index < -0.39 is 0 Å². The Morgan fingerprint density at radius 3 is 2.79 bits per heavy atom. The lowest BCUT2D eigenvalue weighted by molar-refractivity contribution is -0.114. The van der Waals surface area contributed by atoms with Gasteiger partial charge in [-0.05, 0) is 18.2 Å². The van der Waals surface area contributed by atoms with Gasteiger partial charge in [0.05, 0.1) is 17.3 Å². The van der Waals surface area contributed by atoms with Crippen molar-refractivity contribution in [3.63, 3.8) is 0 Å². The first kappa shape index (κ1) is 14.0. The smallest absolute Gasteiger partial charge is 0.221 e. The molecule has 0 aliphatic rings. The topological polar surface area (TPSA) is 66.9 Å². The minimum atomic E-state index is -0.142. The summed E-state index contributed by atoms with van der Waals surface area (Å²) in [5.74, 6) is -0.142. The number of carbonyl (C=O) groups is 1. The predicted molar refractivity (Wildman–Crippen MR) is 78.0 cm³/mol. The van der Waals surface area contributed by atoms with Crippen LogP contribution in [0.3, 0.4) is 0 Å². The third-order valence-corrected chi connectivity index (χ3v) is 3.54. The molecule has 5 nitrogen and oxygen atoms in total. The summed E-state index contributed by atoms with van der Waals surface area (Å²) in [6.07, 6.45) is 0. The van der Waals surface area contributed by atoms with Gasteiger partial charge >= 0.3 is 0 Å². The molecule has 2 rings (SSSR count). The lowest BCUT2D eigenvalue weighted by Gasteiger charge is -2.09. The van der Waals surface area contributed by atoms with Crippen molar-refractivity contribution in [3.05, 3.63) is 33.3 Å². The first-order valence-corrected chi connectivity index (χ1v) is 6.87. The van der Waals surface area contributed by atoms with Gasteiger partial charge in [0.2, 0.25) is 5.91 Å². The van der Waals surface area contributed by atoms with Gasteiger partial charge in [0.15, 0.2) is 0 Å². The third-order valence-electron chi connectivity index (χ3n) is 2.25. The molecule has 0 aliphatic carbocycles. The van der Waals surface area contributed by atoms with E-state index in [0.717, 1.165) is 17.2 Å². The van der Waals surface area contributed by atoms with Gasteiger partial charge in [0.1, 0.15) is 10.0 Å². The molecule has 100 valence electrons. The van der Waals surface area contributed by atoms with Crippen LogP contribution in [0.1, 0.15) is 12.6 Å². The Kier molecular flexibility index (Phi) is 4.57. The molecule has 0 radical (unpaired) electrons. The molecular formula is C11H10Cl2N4OS. The summed E-state index contributed by atoms with van der Waals surface area (Å²) < 4.78 is 4.30. The van der Waals surface area contributed by atoms with Crippen LogP contribution < -0.4 is 10.6 Å². The van der Waals surface area contributed by atoms with E-state index >= 15 is 0 Å². The molecule has 1 aromatic heterocycles. The van der Waals surface area contributed by atoms with Gasteiger partial charge in [-0.2, -0.15) is 0 Å². The zero-order chi connectivity index (χ0) is 13.8. The molecule has 0 aliphatic heterocycles. The van der Waals surface area contributed by atoms with Gasteiger partial charge in [0.25, 0.3) is 0 Å². The van der Waals surface area contributed by atoms with Gasteiger partial charge < -0.3 is 10.6 Å². The highest BCUT2D eigenvalue weighted by Crippen LogP contribution is 2.26. The van der Waals surface area contributed by atoms with E-state index in [1.54, 1.807) is 18.2 Å². The fourth-order valence-corrected chi connectivity index (χ4v) is 2.29. The third kappa shape index (κ3) is 3.79. The maximum Gasteiger partial charge on any atom is 0.221 e. The minimum Gasteiger partial charge on any atom is -0.378 e. The highest BCUT2D eigenvalue weighted by Gasteiger charge is 2.07. The lowest BCUT2D eigenvalue weighted by Crippen LogP contribution is -2.06. The minimum absolute atomic E-state index is 0.142.